The molecule has 2 aromatic carbocycles. The lowest BCUT2D eigenvalue weighted by Crippen LogP contribution is -2.25. The fourth-order valence-electron chi connectivity index (χ4n) is 3.30. The molecule has 2 heterocycles. The predicted molar refractivity (Wildman–Crippen MR) is 109 cm³/mol. The molecule has 2 N–H and O–H groups in total. The van der Waals surface area contributed by atoms with E-state index in [0.717, 1.165) is 35.0 Å². The number of halogens is 1. The summed E-state index contributed by atoms with van der Waals surface area (Å²) in [7, 11) is 1.51. The van der Waals surface area contributed by atoms with Crippen molar-refractivity contribution in [3.8, 4) is 11.4 Å². The fraction of sp³-hybridized carbons (Fsp3) is 0.182. The number of nitrogens with one attached hydrogen (secondary N) is 2. The van der Waals surface area contributed by atoms with Gasteiger partial charge in [0.05, 0.1) is 19.0 Å². The van der Waals surface area contributed by atoms with Gasteiger partial charge in [-0.05, 0) is 48.7 Å². The van der Waals surface area contributed by atoms with Gasteiger partial charge in [-0.2, -0.15) is 5.10 Å². The van der Waals surface area contributed by atoms with Gasteiger partial charge in [-0.1, -0.05) is 18.2 Å². The molecule has 2 aromatic heterocycles. The van der Waals surface area contributed by atoms with Crippen LogP contribution >= 0.6 is 0 Å². The summed E-state index contributed by atoms with van der Waals surface area (Å²) in [6.45, 7) is 0.474. The number of methoxy groups -OCH3 is 1. The van der Waals surface area contributed by atoms with Crippen LogP contribution in [0.15, 0.2) is 60.9 Å². The number of benzene rings is 2. The molecule has 0 spiro atoms. The van der Waals surface area contributed by atoms with Crippen LogP contribution in [-0.2, 0) is 6.42 Å². The Morgan fingerprint density at radius 3 is 2.86 bits per heavy atom. The number of rotatable bonds is 7. The average Bonchev–Trinajstić information content (AvgIpc) is 3.36. The van der Waals surface area contributed by atoms with Gasteiger partial charge < -0.3 is 15.0 Å². The summed E-state index contributed by atoms with van der Waals surface area (Å²) in [5, 5.41) is 8.12. The van der Waals surface area contributed by atoms with E-state index in [1.807, 2.05) is 36.5 Å². The van der Waals surface area contributed by atoms with Gasteiger partial charge in [0.2, 0.25) is 0 Å². The maximum Gasteiger partial charge on any atom is 0.275 e. The lowest BCUT2D eigenvalue weighted by molar-refractivity contribution is 0.0945. The molecule has 4 rings (SSSR count). The summed E-state index contributed by atoms with van der Waals surface area (Å²) in [5.41, 5.74) is 3.02. The molecule has 0 radical (unpaired) electrons. The lowest BCUT2D eigenvalue weighted by atomic mass is 10.1. The predicted octanol–water partition coefficient (Wildman–Crippen LogP) is 3.86. The molecule has 0 fully saturated rings. The number of nitrogens with zero attached hydrogens (tertiary/aromatic N) is 2. The molecule has 4 aromatic rings. The van der Waals surface area contributed by atoms with Crippen LogP contribution < -0.4 is 10.1 Å². The summed E-state index contributed by atoms with van der Waals surface area (Å²) in [4.78, 5) is 15.7. The van der Waals surface area contributed by atoms with Crippen LogP contribution in [0.2, 0.25) is 0 Å². The Kier molecular flexibility index (Phi) is 5.29. The Bertz CT molecular complexity index is 1130. The number of aromatic amines is 1. The highest BCUT2D eigenvalue weighted by atomic mass is 19.1. The quantitative estimate of drug-likeness (QED) is 0.469. The molecule has 0 aliphatic carbocycles. The van der Waals surface area contributed by atoms with Gasteiger partial charge in [0.25, 0.3) is 5.91 Å². The van der Waals surface area contributed by atoms with E-state index in [4.69, 9.17) is 4.74 Å². The third kappa shape index (κ3) is 3.99. The van der Waals surface area contributed by atoms with E-state index in [9.17, 15) is 9.18 Å². The van der Waals surface area contributed by atoms with Crippen molar-refractivity contribution in [3.63, 3.8) is 0 Å². The molecule has 148 valence electrons. The molecular weight excluding hydrogens is 371 g/mol. The Morgan fingerprint density at radius 2 is 2.07 bits per heavy atom. The Balaban J connectivity index is 1.38. The largest absolute Gasteiger partial charge is 0.493 e. The molecule has 0 aliphatic rings. The van der Waals surface area contributed by atoms with Crippen molar-refractivity contribution in [1.82, 2.24) is 20.1 Å². The molecule has 0 saturated heterocycles. The number of carbonyl (C=O) groups excluding carboxylic acids is 1. The summed E-state index contributed by atoms with van der Waals surface area (Å²) in [5.74, 6) is -0.132. The molecule has 0 unspecified atom stereocenters. The van der Waals surface area contributed by atoms with E-state index in [2.05, 4.69) is 15.4 Å². The first-order valence-corrected chi connectivity index (χ1v) is 9.38. The molecule has 1 amide bonds. The number of ether oxygens (including phenoxy) is 1. The van der Waals surface area contributed by atoms with E-state index in [1.165, 1.54) is 19.2 Å². The van der Waals surface area contributed by atoms with Crippen molar-refractivity contribution in [1.29, 1.82) is 0 Å². The highest BCUT2D eigenvalue weighted by Crippen LogP contribution is 2.21. The smallest absolute Gasteiger partial charge is 0.275 e. The summed E-state index contributed by atoms with van der Waals surface area (Å²) in [6, 6.07) is 14.2. The zero-order chi connectivity index (χ0) is 20.2. The van der Waals surface area contributed by atoms with Crippen molar-refractivity contribution < 1.29 is 13.9 Å². The Labute approximate surface area is 167 Å². The number of H-pyrrole nitrogens is 1. The van der Waals surface area contributed by atoms with Gasteiger partial charge in [0, 0.05) is 23.6 Å². The first-order valence-electron chi connectivity index (χ1n) is 9.38. The van der Waals surface area contributed by atoms with E-state index >= 15 is 0 Å². The van der Waals surface area contributed by atoms with E-state index in [-0.39, 0.29) is 17.4 Å². The molecule has 0 bridgehead atoms. The van der Waals surface area contributed by atoms with E-state index in [0.29, 0.717) is 12.3 Å². The third-order valence-corrected chi connectivity index (χ3v) is 4.77. The minimum atomic E-state index is -0.290. The standard InChI is InChI=1S/C22H21FN4O2/c1-29-20-14-27(17-7-3-2-4-8-17)26-21(20)22(28)24-11-5-6-15-13-25-19-10-9-16(23)12-18(15)19/h2-4,7-10,12-14,25H,5-6,11H2,1H3,(H,24,28). The highest BCUT2D eigenvalue weighted by molar-refractivity contribution is 5.95. The number of para-hydroxylation sites is 1. The van der Waals surface area contributed by atoms with E-state index < -0.39 is 0 Å². The maximum absolute atomic E-state index is 13.5. The summed E-state index contributed by atoms with van der Waals surface area (Å²) >= 11 is 0. The molecule has 6 nitrogen and oxygen atoms in total. The summed E-state index contributed by atoms with van der Waals surface area (Å²) in [6.07, 6.45) is 5.01. The second-order valence-corrected chi connectivity index (χ2v) is 6.69. The molecule has 0 saturated carbocycles. The highest BCUT2D eigenvalue weighted by Gasteiger charge is 2.18. The van der Waals surface area contributed by atoms with Crippen molar-refractivity contribution in [2.75, 3.05) is 13.7 Å². The molecular formula is C22H21FN4O2. The molecule has 29 heavy (non-hydrogen) atoms. The van der Waals surface area contributed by atoms with Crippen LogP contribution in [0.25, 0.3) is 16.6 Å². The number of amides is 1. The van der Waals surface area contributed by atoms with E-state index in [1.54, 1.807) is 16.9 Å². The minimum absolute atomic E-state index is 0.241. The van der Waals surface area contributed by atoms with Crippen LogP contribution in [-0.4, -0.2) is 34.3 Å². The number of hydrogen-bond acceptors (Lipinski definition) is 3. The van der Waals surface area contributed by atoms with Gasteiger partial charge in [-0.25, -0.2) is 9.07 Å². The Morgan fingerprint density at radius 1 is 1.24 bits per heavy atom. The second kappa shape index (κ2) is 8.18. The maximum atomic E-state index is 13.5. The zero-order valence-electron chi connectivity index (χ0n) is 16.0. The van der Waals surface area contributed by atoms with Crippen LogP contribution in [0.1, 0.15) is 22.5 Å². The third-order valence-electron chi connectivity index (χ3n) is 4.77. The average molecular weight is 392 g/mol. The SMILES string of the molecule is COc1cn(-c2ccccc2)nc1C(=O)NCCCc1c[nH]c2ccc(F)cc12. The van der Waals surface area contributed by atoms with Gasteiger partial charge in [-0.3, -0.25) is 4.79 Å². The zero-order valence-corrected chi connectivity index (χ0v) is 16.0. The number of aryl methyl sites for hydroxylation is 1. The van der Waals surface area contributed by atoms with Crippen LogP contribution in [0.4, 0.5) is 4.39 Å². The topological polar surface area (TPSA) is 71.9 Å². The van der Waals surface area contributed by atoms with Gasteiger partial charge in [0.1, 0.15) is 5.82 Å². The normalized spacial score (nSPS) is 11.0. The minimum Gasteiger partial charge on any atom is -0.493 e. The van der Waals surface area contributed by atoms with Gasteiger partial charge in [0.15, 0.2) is 11.4 Å². The van der Waals surface area contributed by atoms with Crippen molar-refractivity contribution in [2.24, 2.45) is 0 Å². The fourth-order valence-corrected chi connectivity index (χ4v) is 3.30. The van der Waals surface area contributed by atoms with Gasteiger partial charge in [-0.15, -0.1) is 0 Å². The van der Waals surface area contributed by atoms with Crippen LogP contribution in [0.3, 0.4) is 0 Å². The number of aromatic nitrogens is 3. The van der Waals surface area contributed by atoms with Crippen molar-refractivity contribution in [2.45, 2.75) is 12.8 Å². The van der Waals surface area contributed by atoms with Gasteiger partial charge >= 0.3 is 0 Å². The first kappa shape index (κ1) is 18.7. The Hall–Kier alpha value is -3.61. The number of carbonyl (C=O) groups is 1. The second-order valence-electron chi connectivity index (χ2n) is 6.69. The first-order chi connectivity index (χ1) is 14.2. The van der Waals surface area contributed by atoms with Crippen LogP contribution in [0, 0.1) is 5.82 Å². The lowest BCUT2D eigenvalue weighted by Gasteiger charge is -2.04. The molecule has 0 aliphatic heterocycles. The number of hydrogen-bond donors (Lipinski definition) is 2. The molecule has 0 atom stereocenters. The molecule has 7 heteroatoms. The van der Waals surface area contributed by atoms with Crippen LogP contribution in [0.5, 0.6) is 5.75 Å². The van der Waals surface area contributed by atoms with Crippen molar-refractivity contribution >= 4 is 16.8 Å². The van der Waals surface area contributed by atoms with Crippen molar-refractivity contribution in [3.05, 3.63) is 78.0 Å². The summed E-state index contributed by atoms with van der Waals surface area (Å²) < 4.78 is 20.4. The monoisotopic (exact) mass is 392 g/mol. The number of fused-ring (bicyclic) bond motifs is 1.